The predicted octanol–water partition coefficient (Wildman–Crippen LogP) is 5.19. The van der Waals surface area contributed by atoms with Crippen molar-refractivity contribution in [3.05, 3.63) is 53.4 Å². The quantitative estimate of drug-likeness (QED) is 0.451. The van der Waals surface area contributed by atoms with Crippen LogP contribution in [-0.4, -0.2) is 62.9 Å². The second-order valence-corrected chi connectivity index (χ2v) is 9.75. The first-order chi connectivity index (χ1) is 17.8. The molecule has 2 aliphatic heterocycles. The monoisotopic (exact) mass is 552 g/mol. The number of nitrogens with zero attached hydrogens (tertiary/aromatic N) is 5. The number of aryl methyl sites for hydroxylation is 1. The molecule has 0 saturated carbocycles. The topological polar surface area (TPSA) is 77.3 Å². The first kappa shape index (κ1) is 28.3. The Morgan fingerprint density at radius 2 is 1.66 bits per heavy atom. The van der Waals surface area contributed by atoms with E-state index >= 15 is 8.78 Å². The Hall–Kier alpha value is -2.73. The third-order valence-electron chi connectivity index (χ3n) is 7.11. The van der Waals surface area contributed by atoms with Crippen molar-refractivity contribution in [2.45, 2.75) is 58.3 Å². The van der Waals surface area contributed by atoms with Gasteiger partial charge in [0.1, 0.15) is 23.2 Å². The molecule has 0 spiro atoms. The van der Waals surface area contributed by atoms with Gasteiger partial charge in [-0.05, 0) is 39.7 Å². The summed E-state index contributed by atoms with van der Waals surface area (Å²) in [4.78, 5) is 14.7. The lowest BCUT2D eigenvalue weighted by molar-refractivity contribution is -0.0413. The molecule has 2 saturated heterocycles. The van der Waals surface area contributed by atoms with Gasteiger partial charge in [0.2, 0.25) is 5.95 Å². The van der Waals surface area contributed by atoms with Crippen LogP contribution in [-0.2, 0) is 16.0 Å². The van der Waals surface area contributed by atoms with Gasteiger partial charge in [-0.3, -0.25) is 4.90 Å². The van der Waals surface area contributed by atoms with Gasteiger partial charge >= 0.3 is 0 Å². The van der Waals surface area contributed by atoms with Crippen LogP contribution >= 0.6 is 12.4 Å². The van der Waals surface area contributed by atoms with Crippen molar-refractivity contribution >= 4 is 24.0 Å². The highest BCUT2D eigenvalue weighted by Gasteiger charge is 2.27. The summed E-state index contributed by atoms with van der Waals surface area (Å²) in [6, 6.07) is 2.55. The fraction of sp³-hybridized carbons (Fsp3) is 0.500. The lowest BCUT2D eigenvalue weighted by Crippen LogP contribution is -2.48. The summed E-state index contributed by atoms with van der Waals surface area (Å²) < 4.78 is 57.9. The van der Waals surface area contributed by atoms with E-state index in [0.717, 1.165) is 30.9 Å². The van der Waals surface area contributed by atoms with Crippen LogP contribution in [0.5, 0.6) is 0 Å². The third-order valence-corrected chi connectivity index (χ3v) is 7.11. The van der Waals surface area contributed by atoms with Gasteiger partial charge in [-0.2, -0.15) is 0 Å². The van der Waals surface area contributed by atoms with Crippen LogP contribution in [0, 0.1) is 24.4 Å². The second kappa shape index (κ2) is 12.0. The minimum Gasteiger partial charge on any atom is -0.381 e. The Kier molecular flexibility index (Phi) is 8.92. The molecule has 1 aromatic carbocycles. The Morgan fingerprint density at radius 3 is 2.37 bits per heavy atom. The van der Waals surface area contributed by atoms with Crippen molar-refractivity contribution in [1.29, 1.82) is 0 Å². The van der Waals surface area contributed by atoms with Gasteiger partial charge in [-0.15, -0.1) is 12.4 Å². The van der Waals surface area contributed by atoms with Crippen LogP contribution in [0.4, 0.5) is 24.8 Å². The number of aromatic nitrogens is 4. The van der Waals surface area contributed by atoms with E-state index in [1.807, 2.05) is 25.3 Å². The maximum atomic E-state index is 15.0. The summed E-state index contributed by atoms with van der Waals surface area (Å²) in [6.07, 6.45) is 4.15. The molecule has 2 aromatic heterocycles. The minimum absolute atomic E-state index is 0. The van der Waals surface area contributed by atoms with Gasteiger partial charge in [0.15, 0.2) is 5.82 Å². The highest BCUT2D eigenvalue weighted by atomic mass is 35.5. The highest BCUT2D eigenvalue weighted by molar-refractivity contribution is 5.85. The molecule has 2 atom stereocenters. The van der Waals surface area contributed by atoms with Crippen molar-refractivity contribution in [1.82, 2.24) is 24.4 Å². The summed E-state index contributed by atoms with van der Waals surface area (Å²) in [5.74, 6) is -1.14. The number of imidazole rings is 1. The molecular formula is C26H32ClF3N6O2. The molecule has 0 unspecified atom stereocenters. The summed E-state index contributed by atoms with van der Waals surface area (Å²) >= 11 is 0. The number of hydrogen-bond donors (Lipinski definition) is 1. The van der Waals surface area contributed by atoms with Crippen molar-refractivity contribution in [3.8, 4) is 11.4 Å². The summed E-state index contributed by atoms with van der Waals surface area (Å²) in [7, 11) is 0. The molecule has 0 aliphatic carbocycles. The summed E-state index contributed by atoms with van der Waals surface area (Å²) in [5, 5.41) is 2.72. The molecule has 38 heavy (non-hydrogen) atoms. The average Bonchev–Trinajstić information content (AvgIpc) is 3.27. The SMILES string of the molecule is Cc1ncc(-c2nc(Nc3cc(F)c(CN4[C@@H](C)COC[C@@H]4C)cc3F)ncc2F)n1C1CCOCC1.Cl. The normalized spacial score (nSPS) is 20.8. The van der Waals surface area contributed by atoms with Gasteiger partial charge in [0, 0.05) is 49.5 Å². The fourth-order valence-electron chi connectivity index (χ4n) is 5.11. The zero-order valence-corrected chi connectivity index (χ0v) is 22.4. The van der Waals surface area contributed by atoms with E-state index in [2.05, 4.69) is 25.2 Å². The smallest absolute Gasteiger partial charge is 0.228 e. The van der Waals surface area contributed by atoms with E-state index in [1.165, 1.54) is 6.07 Å². The van der Waals surface area contributed by atoms with Gasteiger partial charge in [0.25, 0.3) is 0 Å². The van der Waals surface area contributed by atoms with Gasteiger partial charge in [-0.25, -0.2) is 28.1 Å². The van der Waals surface area contributed by atoms with Crippen molar-refractivity contribution in [2.24, 2.45) is 0 Å². The van der Waals surface area contributed by atoms with E-state index in [9.17, 15) is 4.39 Å². The van der Waals surface area contributed by atoms with Crippen LogP contribution in [0.3, 0.4) is 0 Å². The van der Waals surface area contributed by atoms with Gasteiger partial charge in [-0.1, -0.05) is 0 Å². The number of anilines is 2. The molecule has 3 aromatic rings. The van der Waals surface area contributed by atoms with Crippen LogP contribution in [0.25, 0.3) is 11.4 Å². The van der Waals surface area contributed by atoms with E-state index in [1.54, 1.807) is 6.20 Å². The number of nitrogens with one attached hydrogen (secondary N) is 1. The van der Waals surface area contributed by atoms with E-state index < -0.39 is 17.5 Å². The van der Waals surface area contributed by atoms with Crippen LogP contribution in [0.2, 0.25) is 0 Å². The van der Waals surface area contributed by atoms with Crippen LogP contribution in [0.1, 0.15) is 44.1 Å². The highest BCUT2D eigenvalue weighted by Crippen LogP contribution is 2.31. The Balaban J connectivity index is 0.00000336. The zero-order valence-electron chi connectivity index (χ0n) is 21.6. The first-order valence-electron chi connectivity index (χ1n) is 12.5. The van der Waals surface area contributed by atoms with E-state index in [0.29, 0.717) is 32.1 Å². The van der Waals surface area contributed by atoms with Gasteiger partial charge in [0.05, 0.1) is 37.0 Å². The van der Waals surface area contributed by atoms with Crippen molar-refractivity contribution < 1.29 is 22.6 Å². The number of morpholine rings is 1. The number of hydrogen-bond acceptors (Lipinski definition) is 7. The van der Waals surface area contributed by atoms with E-state index in [-0.39, 0.29) is 60.0 Å². The standard InChI is InChI=1S/C26H31F3N6O2.ClH/c1-15-13-37-14-16(2)34(15)12-18-8-21(28)23(9-20(18)27)32-26-31-10-22(29)25(33-26)24-11-30-17(3)35(24)19-4-6-36-7-5-19;/h8-11,15-16,19H,4-7,12-14H2,1-3H3,(H,31,32,33);1H/t15-,16-;/m0./s1. The molecule has 8 nitrogen and oxygen atoms in total. The van der Waals surface area contributed by atoms with Crippen LogP contribution < -0.4 is 5.32 Å². The Labute approximate surface area is 226 Å². The minimum atomic E-state index is -0.650. The second-order valence-electron chi connectivity index (χ2n) is 9.75. The maximum absolute atomic E-state index is 15.0. The van der Waals surface area contributed by atoms with Crippen molar-refractivity contribution in [2.75, 3.05) is 31.7 Å². The molecule has 1 N–H and O–H groups in total. The van der Waals surface area contributed by atoms with Gasteiger partial charge < -0.3 is 19.4 Å². The number of halogens is 4. The largest absolute Gasteiger partial charge is 0.381 e. The Morgan fingerprint density at radius 1 is 0.947 bits per heavy atom. The molecule has 0 amide bonds. The molecule has 2 fully saturated rings. The average molecular weight is 553 g/mol. The summed E-state index contributed by atoms with van der Waals surface area (Å²) in [6.45, 7) is 8.45. The van der Waals surface area contributed by atoms with E-state index in [4.69, 9.17) is 9.47 Å². The molecule has 2 aliphatic rings. The molecule has 0 bridgehead atoms. The molecule has 5 rings (SSSR count). The molecular weight excluding hydrogens is 521 g/mol. The summed E-state index contributed by atoms with van der Waals surface area (Å²) in [5.41, 5.74) is 0.664. The Bertz CT molecular complexity index is 1260. The fourth-order valence-corrected chi connectivity index (χ4v) is 5.11. The zero-order chi connectivity index (χ0) is 26.1. The first-order valence-corrected chi connectivity index (χ1v) is 12.5. The molecule has 0 radical (unpaired) electrons. The molecule has 4 heterocycles. The maximum Gasteiger partial charge on any atom is 0.228 e. The molecule has 206 valence electrons. The number of rotatable bonds is 6. The lowest BCUT2D eigenvalue weighted by atomic mass is 10.1. The molecule has 12 heteroatoms. The van der Waals surface area contributed by atoms with Crippen molar-refractivity contribution in [3.63, 3.8) is 0 Å². The predicted molar refractivity (Wildman–Crippen MR) is 139 cm³/mol. The number of ether oxygens (including phenoxy) is 2. The van der Waals surface area contributed by atoms with Crippen LogP contribution in [0.15, 0.2) is 24.5 Å². The lowest BCUT2D eigenvalue weighted by Gasteiger charge is -2.38. The third kappa shape index (κ3) is 5.80. The number of benzene rings is 1.